The summed E-state index contributed by atoms with van der Waals surface area (Å²) in [7, 11) is 1.40. The second-order valence-electron chi connectivity index (χ2n) is 5.62. The van der Waals surface area contributed by atoms with Gasteiger partial charge >= 0.3 is 12.5 Å². The highest BCUT2D eigenvalue weighted by atomic mass is 19.4. The first-order chi connectivity index (χ1) is 12.8. The van der Waals surface area contributed by atoms with Crippen LogP contribution in [0.15, 0.2) is 30.5 Å². The first-order valence-electron chi connectivity index (χ1n) is 7.77. The Morgan fingerprint density at radius 2 is 2.04 bits per heavy atom. The van der Waals surface area contributed by atoms with E-state index in [1.54, 1.807) is 6.07 Å². The van der Waals surface area contributed by atoms with Gasteiger partial charge < -0.3 is 19.1 Å². The molecule has 0 N–H and O–H groups in total. The van der Waals surface area contributed by atoms with Gasteiger partial charge in [0.2, 0.25) is 5.88 Å². The Hall–Kier alpha value is -3.04. The Balaban J connectivity index is 1.93. The van der Waals surface area contributed by atoms with Crippen LogP contribution in [-0.4, -0.2) is 42.6 Å². The summed E-state index contributed by atoms with van der Waals surface area (Å²) in [5, 5.41) is 0. The van der Waals surface area contributed by atoms with Crippen LogP contribution in [0, 0.1) is 5.82 Å². The molecule has 2 heterocycles. The molecule has 6 nitrogen and oxygen atoms in total. The molecule has 0 spiro atoms. The van der Waals surface area contributed by atoms with Crippen molar-refractivity contribution in [3.63, 3.8) is 0 Å². The van der Waals surface area contributed by atoms with Gasteiger partial charge in [-0.1, -0.05) is 6.07 Å². The van der Waals surface area contributed by atoms with E-state index < -0.39 is 24.0 Å². The highest BCUT2D eigenvalue weighted by Crippen LogP contribution is 2.32. The van der Waals surface area contributed by atoms with Crippen LogP contribution in [0.5, 0.6) is 11.6 Å². The summed E-state index contributed by atoms with van der Waals surface area (Å²) in [6.07, 6.45) is -4.13. The van der Waals surface area contributed by atoms with Crippen LogP contribution in [0.2, 0.25) is 0 Å². The van der Waals surface area contributed by atoms with Crippen molar-refractivity contribution < 1.29 is 36.6 Å². The van der Waals surface area contributed by atoms with Crippen molar-refractivity contribution in [3.8, 4) is 22.8 Å². The van der Waals surface area contributed by atoms with Gasteiger partial charge in [-0.05, 0) is 23.8 Å². The van der Waals surface area contributed by atoms with Crippen molar-refractivity contribution in [2.75, 3.05) is 20.3 Å². The number of hydrogen-bond acceptors (Lipinski definition) is 5. The molecule has 1 aliphatic rings. The Morgan fingerprint density at radius 1 is 1.26 bits per heavy atom. The number of rotatable bonds is 5. The second-order valence-corrected chi connectivity index (χ2v) is 5.62. The van der Waals surface area contributed by atoms with Gasteiger partial charge in [0, 0.05) is 17.3 Å². The molecule has 1 aliphatic heterocycles. The van der Waals surface area contributed by atoms with Gasteiger partial charge in [-0.2, -0.15) is 0 Å². The van der Waals surface area contributed by atoms with E-state index in [0.29, 0.717) is 17.7 Å². The zero-order valence-electron chi connectivity index (χ0n) is 14.0. The molecule has 1 fully saturated rings. The number of carbonyl (C=O) groups is 1. The van der Waals surface area contributed by atoms with E-state index in [0.717, 1.165) is 12.1 Å². The second kappa shape index (κ2) is 7.29. The molecule has 0 bridgehead atoms. The molecule has 2 aromatic rings. The minimum atomic E-state index is -5.01. The SMILES string of the molecule is COc1ncc(-c2ccc(F)c(OC(F)(F)F)c2)cc1CN1CCOC1=O. The number of methoxy groups -OCH3 is 1. The van der Waals surface area contributed by atoms with E-state index in [9.17, 15) is 22.4 Å². The molecule has 1 amide bonds. The van der Waals surface area contributed by atoms with Crippen LogP contribution in [-0.2, 0) is 11.3 Å². The van der Waals surface area contributed by atoms with Crippen molar-refractivity contribution >= 4 is 6.09 Å². The van der Waals surface area contributed by atoms with Crippen molar-refractivity contribution in [2.24, 2.45) is 0 Å². The molecule has 0 radical (unpaired) electrons. The molecular formula is C17H14F4N2O4. The molecule has 0 atom stereocenters. The minimum absolute atomic E-state index is 0.149. The highest BCUT2D eigenvalue weighted by molar-refractivity contribution is 5.70. The van der Waals surface area contributed by atoms with Gasteiger partial charge in [0.1, 0.15) is 6.61 Å². The largest absolute Gasteiger partial charge is 0.573 e. The molecule has 3 rings (SSSR count). The van der Waals surface area contributed by atoms with Gasteiger partial charge in [-0.25, -0.2) is 14.2 Å². The van der Waals surface area contributed by atoms with Crippen molar-refractivity contribution in [2.45, 2.75) is 12.9 Å². The lowest BCUT2D eigenvalue weighted by atomic mass is 10.0. The predicted octanol–water partition coefficient (Wildman–Crippen LogP) is 3.75. The average molecular weight is 386 g/mol. The minimum Gasteiger partial charge on any atom is -0.481 e. The fourth-order valence-electron chi connectivity index (χ4n) is 2.61. The number of carbonyl (C=O) groups excluding carboxylic acids is 1. The fraction of sp³-hybridized carbons (Fsp3) is 0.294. The summed E-state index contributed by atoms with van der Waals surface area (Å²) in [5.41, 5.74) is 1.19. The third kappa shape index (κ3) is 4.39. The molecule has 27 heavy (non-hydrogen) atoms. The number of halogens is 4. The van der Waals surface area contributed by atoms with E-state index in [1.807, 2.05) is 0 Å². The number of hydrogen-bond donors (Lipinski definition) is 0. The van der Waals surface area contributed by atoms with Crippen molar-refractivity contribution in [1.82, 2.24) is 9.88 Å². The summed E-state index contributed by atoms with van der Waals surface area (Å²) in [6.45, 7) is 0.812. The van der Waals surface area contributed by atoms with Gasteiger partial charge in [-0.3, -0.25) is 0 Å². The van der Waals surface area contributed by atoms with Crippen LogP contribution in [0.3, 0.4) is 0 Å². The fourth-order valence-corrected chi connectivity index (χ4v) is 2.61. The molecule has 1 aromatic heterocycles. The zero-order valence-corrected chi connectivity index (χ0v) is 14.0. The van der Waals surface area contributed by atoms with E-state index >= 15 is 0 Å². The molecule has 1 saturated heterocycles. The Bertz CT molecular complexity index is 857. The molecule has 1 aromatic carbocycles. The number of ether oxygens (including phenoxy) is 3. The summed E-state index contributed by atoms with van der Waals surface area (Å²) >= 11 is 0. The maximum atomic E-state index is 13.6. The van der Waals surface area contributed by atoms with Crippen LogP contribution in [0.4, 0.5) is 22.4 Å². The van der Waals surface area contributed by atoms with Crippen LogP contribution >= 0.6 is 0 Å². The first kappa shape index (κ1) is 18.7. The Labute approximate surface area is 151 Å². The monoisotopic (exact) mass is 386 g/mol. The molecule has 144 valence electrons. The van der Waals surface area contributed by atoms with Crippen LogP contribution in [0.1, 0.15) is 5.56 Å². The van der Waals surface area contributed by atoms with E-state index in [1.165, 1.54) is 24.3 Å². The predicted molar refractivity (Wildman–Crippen MR) is 84.6 cm³/mol. The third-order valence-corrected chi connectivity index (χ3v) is 3.82. The first-order valence-corrected chi connectivity index (χ1v) is 7.77. The van der Waals surface area contributed by atoms with Crippen LogP contribution < -0.4 is 9.47 Å². The lowest BCUT2D eigenvalue weighted by Gasteiger charge is -2.16. The quantitative estimate of drug-likeness (QED) is 0.733. The maximum Gasteiger partial charge on any atom is 0.573 e. The molecular weight excluding hydrogens is 372 g/mol. The average Bonchev–Trinajstić information content (AvgIpc) is 3.00. The summed E-state index contributed by atoms with van der Waals surface area (Å²) in [4.78, 5) is 17.2. The third-order valence-electron chi connectivity index (χ3n) is 3.82. The highest BCUT2D eigenvalue weighted by Gasteiger charge is 2.32. The maximum absolute atomic E-state index is 13.6. The summed E-state index contributed by atoms with van der Waals surface area (Å²) in [6, 6.07) is 4.70. The number of aromatic nitrogens is 1. The van der Waals surface area contributed by atoms with Gasteiger partial charge in [-0.15, -0.1) is 13.2 Å². The van der Waals surface area contributed by atoms with Gasteiger partial charge in [0.15, 0.2) is 11.6 Å². The topological polar surface area (TPSA) is 60.9 Å². The summed E-state index contributed by atoms with van der Waals surface area (Å²) < 4.78 is 64.6. The molecule has 10 heteroatoms. The van der Waals surface area contributed by atoms with Crippen molar-refractivity contribution in [1.29, 1.82) is 0 Å². The number of alkyl halides is 3. The lowest BCUT2D eigenvalue weighted by molar-refractivity contribution is -0.275. The van der Waals surface area contributed by atoms with Gasteiger partial charge in [0.25, 0.3) is 0 Å². The zero-order chi connectivity index (χ0) is 19.6. The van der Waals surface area contributed by atoms with E-state index in [2.05, 4.69) is 9.72 Å². The standard InChI is InChI=1S/C17H14F4N2O4/c1-25-15-12(9-23-4-5-26-16(23)24)6-11(8-22-15)10-2-3-13(18)14(7-10)27-17(19,20)21/h2-3,6-8H,4-5,9H2,1H3. The molecule has 0 unspecified atom stereocenters. The van der Waals surface area contributed by atoms with Crippen molar-refractivity contribution in [3.05, 3.63) is 41.8 Å². The number of benzene rings is 1. The smallest absolute Gasteiger partial charge is 0.481 e. The number of cyclic esters (lactones) is 1. The Kier molecular flexibility index (Phi) is 5.06. The number of nitrogens with zero attached hydrogens (tertiary/aromatic N) is 2. The van der Waals surface area contributed by atoms with Crippen LogP contribution in [0.25, 0.3) is 11.1 Å². The Morgan fingerprint density at radius 3 is 2.67 bits per heavy atom. The van der Waals surface area contributed by atoms with E-state index in [4.69, 9.17) is 9.47 Å². The molecule has 0 aliphatic carbocycles. The van der Waals surface area contributed by atoms with E-state index in [-0.39, 0.29) is 24.6 Å². The number of pyridine rings is 1. The lowest BCUT2D eigenvalue weighted by Crippen LogP contribution is -2.24. The number of amides is 1. The summed E-state index contributed by atoms with van der Waals surface area (Å²) in [5.74, 6) is -1.83. The molecule has 0 saturated carbocycles. The normalized spacial score (nSPS) is 14.3. The van der Waals surface area contributed by atoms with Gasteiger partial charge in [0.05, 0.1) is 20.2 Å².